The number of carbonyl (C=O) groups is 2. The van der Waals surface area contributed by atoms with E-state index in [1.54, 1.807) is 9.80 Å². The molecule has 2 atom stereocenters. The van der Waals surface area contributed by atoms with Crippen molar-refractivity contribution in [2.75, 3.05) is 51.3 Å². The Morgan fingerprint density at radius 1 is 1.30 bits per heavy atom. The zero-order valence-corrected chi connectivity index (χ0v) is 13.0. The van der Waals surface area contributed by atoms with Gasteiger partial charge < -0.3 is 9.80 Å². The van der Waals surface area contributed by atoms with Crippen LogP contribution in [0.25, 0.3) is 0 Å². The average Bonchev–Trinajstić information content (AvgIpc) is 2.48. The van der Waals surface area contributed by atoms with Crippen LogP contribution in [0.4, 0.5) is 0 Å². The van der Waals surface area contributed by atoms with E-state index < -0.39 is 10.8 Å². The number of hydrogen-bond acceptors (Lipinski definition) is 4. The van der Waals surface area contributed by atoms with Crippen molar-refractivity contribution in [1.82, 2.24) is 14.7 Å². The minimum atomic E-state index is -0.906. The highest BCUT2D eigenvalue weighted by atomic mass is 32.2. The fraction of sp³-hybridized carbons (Fsp3) is 0.846. The van der Waals surface area contributed by atoms with Gasteiger partial charge in [0, 0.05) is 68.5 Å². The van der Waals surface area contributed by atoms with E-state index in [-0.39, 0.29) is 17.9 Å². The second-order valence-corrected chi connectivity index (χ2v) is 7.20. The lowest BCUT2D eigenvalue weighted by atomic mass is 10.1. The molecule has 0 radical (unpaired) electrons. The first kappa shape index (κ1) is 15.4. The van der Waals surface area contributed by atoms with Gasteiger partial charge >= 0.3 is 0 Å². The summed E-state index contributed by atoms with van der Waals surface area (Å²) in [5.41, 5.74) is 0. The van der Waals surface area contributed by atoms with Crippen molar-refractivity contribution in [1.29, 1.82) is 0 Å². The third kappa shape index (κ3) is 3.38. The molecule has 0 saturated carbocycles. The maximum atomic E-state index is 12.1. The van der Waals surface area contributed by atoms with E-state index in [9.17, 15) is 13.8 Å². The molecule has 114 valence electrons. The van der Waals surface area contributed by atoms with Gasteiger partial charge in [0.15, 0.2) is 0 Å². The first-order valence-electron chi connectivity index (χ1n) is 7.14. The lowest BCUT2D eigenvalue weighted by Crippen LogP contribution is -2.64. The van der Waals surface area contributed by atoms with Gasteiger partial charge in [0.05, 0.1) is 0 Å². The predicted molar refractivity (Wildman–Crippen MR) is 77.7 cm³/mol. The number of nitrogens with zero attached hydrogens (tertiary/aromatic N) is 3. The topological polar surface area (TPSA) is 60.9 Å². The van der Waals surface area contributed by atoms with Gasteiger partial charge in [-0.05, 0) is 0 Å². The van der Waals surface area contributed by atoms with Crippen molar-refractivity contribution in [2.24, 2.45) is 0 Å². The second-order valence-electron chi connectivity index (χ2n) is 5.33. The Morgan fingerprint density at radius 2 is 2.00 bits per heavy atom. The van der Waals surface area contributed by atoms with Crippen molar-refractivity contribution in [3.05, 3.63) is 0 Å². The number of rotatable bonds is 4. The van der Waals surface area contributed by atoms with Crippen molar-refractivity contribution in [3.63, 3.8) is 0 Å². The smallest absolute Gasteiger partial charge is 0.241 e. The zero-order chi connectivity index (χ0) is 14.7. The van der Waals surface area contributed by atoms with Crippen molar-refractivity contribution in [3.8, 4) is 0 Å². The molecule has 0 spiro atoms. The van der Waals surface area contributed by atoms with Crippen LogP contribution in [0.1, 0.15) is 13.3 Å². The Balaban J connectivity index is 1.90. The quantitative estimate of drug-likeness (QED) is 0.677. The first-order chi connectivity index (χ1) is 9.52. The van der Waals surface area contributed by atoms with E-state index in [0.29, 0.717) is 31.0 Å². The normalized spacial score (nSPS) is 25.5. The Morgan fingerprint density at radius 3 is 2.70 bits per heavy atom. The van der Waals surface area contributed by atoms with Gasteiger partial charge in [0.25, 0.3) is 0 Å². The molecule has 6 nitrogen and oxygen atoms in total. The lowest BCUT2D eigenvalue weighted by molar-refractivity contribution is -0.147. The molecule has 2 fully saturated rings. The van der Waals surface area contributed by atoms with Crippen LogP contribution in [-0.2, 0) is 20.4 Å². The molecule has 0 unspecified atom stereocenters. The van der Waals surface area contributed by atoms with Gasteiger partial charge in [-0.1, -0.05) is 6.92 Å². The predicted octanol–water partition coefficient (Wildman–Crippen LogP) is -0.870. The molecule has 0 aromatic rings. The summed E-state index contributed by atoms with van der Waals surface area (Å²) in [7, 11) is 0.905. The molecule has 0 N–H and O–H groups in total. The molecule has 2 amide bonds. The molecule has 2 rings (SSSR count). The number of piperazine rings is 2. The fourth-order valence-electron chi connectivity index (χ4n) is 2.70. The molecule has 2 aliphatic heterocycles. The van der Waals surface area contributed by atoms with Gasteiger partial charge in [-0.25, -0.2) is 0 Å². The van der Waals surface area contributed by atoms with Crippen LogP contribution in [0.3, 0.4) is 0 Å². The van der Waals surface area contributed by atoms with Crippen LogP contribution in [-0.4, -0.2) is 88.0 Å². The summed E-state index contributed by atoms with van der Waals surface area (Å²) < 4.78 is 11.4. The minimum absolute atomic E-state index is 0.0208. The summed E-state index contributed by atoms with van der Waals surface area (Å²) in [5, 5.41) is 0. The average molecular weight is 301 g/mol. The number of amides is 2. The third-order valence-corrected chi connectivity index (χ3v) is 5.40. The first-order valence-corrected chi connectivity index (χ1v) is 8.63. The van der Waals surface area contributed by atoms with Crippen molar-refractivity contribution >= 4 is 22.6 Å². The summed E-state index contributed by atoms with van der Waals surface area (Å²) in [6, 6.07) is -0.192. The molecule has 7 heteroatoms. The Labute approximate surface area is 122 Å². The largest absolute Gasteiger partial charge is 0.343 e. The van der Waals surface area contributed by atoms with E-state index in [2.05, 4.69) is 4.90 Å². The molecular weight excluding hydrogens is 278 g/mol. The highest BCUT2D eigenvalue weighted by molar-refractivity contribution is 7.84. The Hall–Kier alpha value is -0.950. The Bertz CT molecular complexity index is 416. The monoisotopic (exact) mass is 301 g/mol. The van der Waals surface area contributed by atoms with Crippen LogP contribution in [0.15, 0.2) is 0 Å². The number of fused-ring (bicyclic) bond motifs is 1. The molecule has 20 heavy (non-hydrogen) atoms. The SMILES string of the molecule is CC[S@@](=O)CCC(=O)N1CCN2CCN(C)C(=O)[C@H]2C1. The number of hydrogen-bond donors (Lipinski definition) is 0. The zero-order valence-electron chi connectivity index (χ0n) is 12.2. The molecular formula is C13H23N3O3S. The molecule has 0 aromatic heterocycles. The third-order valence-electron chi connectivity index (χ3n) is 4.09. The Kier molecular flexibility index (Phi) is 5.15. The molecule has 2 saturated heterocycles. The highest BCUT2D eigenvalue weighted by Crippen LogP contribution is 2.16. The van der Waals surface area contributed by atoms with Gasteiger partial charge in [0.1, 0.15) is 6.04 Å². The fourth-order valence-corrected chi connectivity index (χ4v) is 3.39. The molecule has 0 bridgehead atoms. The summed E-state index contributed by atoms with van der Waals surface area (Å²) in [5.74, 6) is 1.14. The van der Waals surface area contributed by atoms with E-state index in [4.69, 9.17) is 0 Å². The summed E-state index contributed by atoms with van der Waals surface area (Å²) in [4.78, 5) is 29.9. The highest BCUT2D eigenvalue weighted by Gasteiger charge is 2.38. The van der Waals surface area contributed by atoms with Gasteiger partial charge in [-0.15, -0.1) is 0 Å². The van der Waals surface area contributed by atoms with E-state index in [1.807, 2.05) is 14.0 Å². The van der Waals surface area contributed by atoms with Crippen LogP contribution in [0, 0.1) is 0 Å². The van der Waals surface area contributed by atoms with Crippen LogP contribution in [0.5, 0.6) is 0 Å². The van der Waals surface area contributed by atoms with E-state index in [0.717, 1.165) is 19.6 Å². The molecule has 0 aliphatic carbocycles. The van der Waals surface area contributed by atoms with Crippen LogP contribution in [0.2, 0.25) is 0 Å². The van der Waals surface area contributed by atoms with Gasteiger partial charge in [0.2, 0.25) is 11.8 Å². The molecule has 2 heterocycles. The summed E-state index contributed by atoms with van der Waals surface area (Å²) in [6.07, 6.45) is 0.317. The summed E-state index contributed by atoms with van der Waals surface area (Å²) in [6.45, 7) is 5.40. The van der Waals surface area contributed by atoms with E-state index >= 15 is 0 Å². The van der Waals surface area contributed by atoms with Crippen molar-refractivity contribution in [2.45, 2.75) is 19.4 Å². The second kappa shape index (κ2) is 6.67. The molecule has 0 aromatic carbocycles. The maximum absolute atomic E-state index is 12.1. The minimum Gasteiger partial charge on any atom is -0.343 e. The number of carbonyl (C=O) groups excluding carboxylic acids is 2. The van der Waals surface area contributed by atoms with E-state index in [1.165, 1.54) is 0 Å². The van der Waals surface area contributed by atoms with Crippen molar-refractivity contribution < 1.29 is 13.8 Å². The van der Waals surface area contributed by atoms with Crippen LogP contribution < -0.4 is 0 Å². The van der Waals surface area contributed by atoms with Gasteiger partial charge in [-0.3, -0.25) is 18.7 Å². The standard InChI is InChI=1S/C13H23N3O3S/c1-3-20(19)9-4-12(17)16-8-7-15-6-5-14(2)13(18)11(15)10-16/h11H,3-10H2,1-2H3/t11-,20-/m1/s1. The van der Waals surface area contributed by atoms with Gasteiger partial charge in [-0.2, -0.15) is 0 Å². The number of likely N-dealkylation sites (N-methyl/N-ethyl adjacent to an activating group) is 1. The maximum Gasteiger partial charge on any atom is 0.241 e. The summed E-state index contributed by atoms with van der Waals surface area (Å²) >= 11 is 0. The lowest BCUT2D eigenvalue weighted by Gasteiger charge is -2.45. The van der Waals surface area contributed by atoms with Crippen LogP contribution >= 0.6 is 0 Å². The molecule has 2 aliphatic rings.